The predicted molar refractivity (Wildman–Crippen MR) is 84.9 cm³/mol. The first-order valence-electron chi connectivity index (χ1n) is 8.67. The molecule has 1 saturated carbocycles. The van der Waals surface area contributed by atoms with Crippen molar-refractivity contribution in [2.75, 3.05) is 13.2 Å². The van der Waals surface area contributed by atoms with Gasteiger partial charge in [-0.05, 0) is 31.1 Å². The minimum Gasteiger partial charge on any atom is -0.376 e. The lowest BCUT2D eigenvalue weighted by Crippen LogP contribution is -2.43. The van der Waals surface area contributed by atoms with Crippen LogP contribution in [0.3, 0.4) is 0 Å². The number of rotatable bonds is 7. The maximum absolute atomic E-state index is 12.6. The molecule has 0 aromatic carbocycles. The molecule has 2 rings (SSSR count). The van der Waals surface area contributed by atoms with E-state index in [4.69, 9.17) is 4.74 Å². The van der Waals surface area contributed by atoms with Gasteiger partial charge in [0.1, 0.15) is 0 Å². The highest BCUT2D eigenvalue weighted by Crippen LogP contribution is 2.23. The Bertz CT molecular complexity index is 338. The number of carbonyl (C=O) groups is 1. The van der Waals surface area contributed by atoms with Gasteiger partial charge in [-0.2, -0.15) is 0 Å². The summed E-state index contributed by atoms with van der Waals surface area (Å²) in [6, 6.07) is -0.0103. The van der Waals surface area contributed by atoms with Crippen molar-refractivity contribution in [1.82, 2.24) is 10.2 Å². The number of nitrogens with one attached hydrogen (secondary N) is 1. The molecule has 122 valence electrons. The van der Waals surface area contributed by atoms with Gasteiger partial charge in [-0.3, -0.25) is 10.1 Å². The average Bonchev–Trinajstić information content (AvgIpc) is 3.01. The summed E-state index contributed by atoms with van der Waals surface area (Å²) >= 11 is 0. The zero-order chi connectivity index (χ0) is 15.4. The Morgan fingerprint density at radius 3 is 2.48 bits per heavy atom. The van der Waals surface area contributed by atoms with Crippen molar-refractivity contribution in [3.05, 3.63) is 0 Å². The first-order chi connectivity index (χ1) is 9.99. The number of hydrogen-bond acceptors (Lipinski definition) is 3. The molecule has 0 spiro atoms. The van der Waals surface area contributed by atoms with E-state index in [1.54, 1.807) is 0 Å². The molecule has 1 saturated heterocycles. The second-order valence-corrected chi connectivity index (χ2v) is 7.35. The maximum atomic E-state index is 12.6. The van der Waals surface area contributed by atoms with Gasteiger partial charge >= 0.3 is 0 Å². The lowest BCUT2D eigenvalue weighted by atomic mass is 10.0. The smallest absolute Gasteiger partial charge is 0.241 e. The number of hydrogen-bond donors (Lipinski definition) is 1. The fourth-order valence-electron chi connectivity index (χ4n) is 3.52. The van der Waals surface area contributed by atoms with Crippen LogP contribution in [0.25, 0.3) is 0 Å². The van der Waals surface area contributed by atoms with Crippen molar-refractivity contribution in [2.24, 2.45) is 11.8 Å². The largest absolute Gasteiger partial charge is 0.376 e. The first kappa shape index (κ1) is 16.8. The van der Waals surface area contributed by atoms with Crippen LogP contribution >= 0.6 is 0 Å². The van der Waals surface area contributed by atoms with Crippen LogP contribution < -0.4 is 5.32 Å². The number of amides is 1. The molecule has 0 aromatic rings. The van der Waals surface area contributed by atoms with Crippen LogP contribution in [0.2, 0.25) is 0 Å². The minimum absolute atomic E-state index is 0.0103. The molecule has 2 atom stereocenters. The molecule has 0 radical (unpaired) electrons. The summed E-state index contributed by atoms with van der Waals surface area (Å²) in [5, 5.41) is 3.52. The molecule has 2 fully saturated rings. The average molecular weight is 296 g/mol. The van der Waals surface area contributed by atoms with Gasteiger partial charge in [-0.15, -0.1) is 0 Å². The van der Waals surface area contributed by atoms with Crippen LogP contribution in [0.4, 0.5) is 0 Å². The lowest BCUT2D eigenvalue weighted by molar-refractivity contribution is -0.131. The van der Waals surface area contributed by atoms with Gasteiger partial charge in [0.2, 0.25) is 5.91 Å². The molecular weight excluding hydrogens is 264 g/mol. The number of carbonyl (C=O) groups excluding carboxylic acids is 1. The molecule has 1 heterocycles. The van der Waals surface area contributed by atoms with Crippen molar-refractivity contribution in [2.45, 2.75) is 78.1 Å². The zero-order valence-electron chi connectivity index (χ0n) is 14.1. The van der Waals surface area contributed by atoms with Gasteiger partial charge < -0.3 is 9.64 Å². The van der Waals surface area contributed by atoms with Crippen molar-refractivity contribution < 1.29 is 9.53 Å². The van der Waals surface area contributed by atoms with E-state index in [0.717, 1.165) is 13.0 Å². The fraction of sp³-hybridized carbons (Fsp3) is 0.941. The predicted octanol–water partition coefficient (Wildman–Crippen LogP) is 2.77. The highest BCUT2D eigenvalue weighted by atomic mass is 16.5. The molecule has 4 nitrogen and oxygen atoms in total. The van der Waals surface area contributed by atoms with Crippen LogP contribution in [0.1, 0.15) is 59.8 Å². The van der Waals surface area contributed by atoms with Gasteiger partial charge in [0.25, 0.3) is 0 Å². The maximum Gasteiger partial charge on any atom is 0.241 e. The highest BCUT2D eigenvalue weighted by Gasteiger charge is 2.39. The Hall–Kier alpha value is -0.610. The molecule has 2 unspecified atom stereocenters. The summed E-state index contributed by atoms with van der Waals surface area (Å²) in [4.78, 5) is 14.6. The van der Waals surface area contributed by atoms with Crippen molar-refractivity contribution in [1.29, 1.82) is 0 Å². The van der Waals surface area contributed by atoms with E-state index < -0.39 is 0 Å². The van der Waals surface area contributed by atoms with Gasteiger partial charge in [0.05, 0.1) is 24.9 Å². The molecular formula is C17H32N2O2. The van der Waals surface area contributed by atoms with E-state index in [2.05, 4.69) is 33.0 Å². The van der Waals surface area contributed by atoms with E-state index >= 15 is 0 Å². The van der Waals surface area contributed by atoms with E-state index in [0.29, 0.717) is 24.5 Å². The normalized spacial score (nSPS) is 27.5. The van der Waals surface area contributed by atoms with Gasteiger partial charge in [0.15, 0.2) is 0 Å². The topological polar surface area (TPSA) is 41.6 Å². The van der Waals surface area contributed by atoms with Crippen molar-refractivity contribution in [3.63, 3.8) is 0 Å². The molecule has 0 aromatic heterocycles. The van der Waals surface area contributed by atoms with Crippen LogP contribution in [0.15, 0.2) is 0 Å². The van der Waals surface area contributed by atoms with Crippen LogP contribution in [-0.2, 0) is 9.53 Å². The fourth-order valence-corrected chi connectivity index (χ4v) is 3.52. The third-order valence-corrected chi connectivity index (χ3v) is 4.62. The number of nitrogens with zero attached hydrogens (tertiary/aromatic N) is 1. The molecule has 1 aliphatic carbocycles. The Labute approximate surface area is 129 Å². The Morgan fingerprint density at radius 2 is 1.90 bits per heavy atom. The van der Waals surface area contributed by atoms with E-state index in [-0.39, 0.29) is 18.1 Å². The monoisotopic (exact) mass is 296 g/mol. The van der Waals surface area contributed by atoms with Crippen molar-refractivity contribution in [3.8, 4) is 0 Å². The molecule has 1 amide bonds. The van der Waals surface area contributed by atoms with E-state index in [9.17, 15) is 4.79 Å². The molecule has 2 aliphatic rings. The third-order valence-electron chi connectivity index (χ3n) is 4.62. The summed E-state index contributed by atoms with van der Waals surface area (Å²) in [5.74, 6) is 1.23. The third kappa shape index (κ3) is 4.43. The van der Waals surface area contributed by atoms with Crippen LogP contribution in [0.5, 0.6) is 0 Å². The SMILES string of the molecule is CC(C)CC1NC(C(C)C)N(CCOC2CCCC2)C1=O. The standard InChI is InChI=1S/C17H32N2O2/c1-12(2)11-15-17(20)19(16(18-15)13(3)4)9-10-21-14-7-5-6-8-14/h12-16,18H,5-11H2,1-4H3. The molecule has 0 bridgehead atoms. The van der Waals surface area contributed by atoms with E-state index in [1.165, 1.54) is 25.7 Å². The quantitative estimate of drug-likeness (QED) is 0.785. The first-order valence-corrected chi connectivity index (χ1v) is 8.67. The van der Waals surface area contributed by atoms with Gasteiger partial charge in [-0.1, -0.05) is 40.5 Å². The second kappa shape index (κ2) is 7.59. The second-order valence-electron chi connectivity index (χ2n) is 7.35. The Balaban J connectivity index is 1.86. The minimum atomic E-state index is -0.0103. The highest BCUT2D eigenvalue weighted by molar-refractivity contribution is 5.84. The molecule has 4 heteroatoms. The van der Waals surface area contributed by atoms with Gasteiger partial charge in [0, 0.05) is 6.54 Å². The number of ether oxygens (including phenoxy) is 1. The summed E-state index contributed by atoms with van der Waals surface area (Å²) in [6.45, 7) is 10.1. The molecule has 1 N–H and O–H groups in total. The summed E-state index contributed by atoms with van der Waals surface area (Å²) in [7, 11) is 0. The van der Waals surface area contributed by atoms with Crippen LogP contribution in [0, 0.1) is 11.8 Å². The molecule has 1 aliphatic heterocycles. The summed E-state index contributed by atoms with van der Waals surface area (Å²) in [6.07, 6.45) is 6.47. The summed E-state index contributed by atoms with van der Waals surface area (Å²) in [5.41, 5.74) is 0. The van der Waals surface area contributed by atoms with E-state index in [1.807, 2.05) is 4.90 Å². The zero-order valence-corrected chi connectivity index (χ0v) is 14.1. The van der Waals surface area contributed by atoms with Crippen LogP contribution in [-0.4, -0.2) is 42.3 Å². The summed E-state index contributed by atoms with van der Waals surface area (Å²) < 4.78 is 5.94. The Morgan fingerprint density at radius 1 is 1.24 bits per heavy atom. The Kier molecular flexibility index (Phi) is 6.06. The molecule has 21 heavy (non-hydrogen) atoms. The lowest BCUT2D eigenvalue weighted by Gasteiger charge is -2.27. The van der Waals surface area contributed by atoms with Gasteiger partial charge in [-0.25, -0.2) is 0 Å². The van der Waals surface area contributed by atoms with Crippen molar-refractivity contribution >= 4 is 5.91 Å².